The highest BCUT2D eigenvalue weighted by Gasteiger charge is 2.08. The highest BCUT2D eigenvalue weighted by atomic mass is 16.5. The van der Waals surface area contributed by atoms with Crippen LogP contribution in [-0.4, -0.2) is 43.0 Å². The lowest BCUT2D eigenvalue weighted by atomic mass is 10.1. The minimum atomic E-state index is 0.275. The molecule has 1 unspecified atom stereocenters. The van der Waals surface area contributed by atoms with E-state index < -0.39 is 0 Å². The van der Waals surface area contributed by atoms with Crippen LogP contribution in [0.2, 0.25) is 0 Å². The third-order valence-corrected chi connectivity index (χ3v) is 2.92. The van der Waals surface area contributed by atoms with Crippen molar-refractivity contribution in [3.05, 3.63) is 12.4 Å². The molecule has 5 heteroatoms. The predicted molar refractivity (Wildman–Crippen MR) is 77.6 cm³/mol. The third-order valence-electron chi connectivity index (χ3n) is 2.92. The van der Waals surface area contributed by atoms with Gasteiger partial charge in [-0.3, -0.25) is 0 Å². The molecule has 1 atom stereocenters. The zero-order valence-electron chi connectivity index (χ0n) is 12.6. The van der Waals surface area contributed by atoms with Crippen molar-refractivity contribution in [2.24, 2.45) is 5.92 Å². The molecule has 1 aromatic heterocycles. The molecule has 0 aliphatic carbocycles. The smallest absolute Gasteiger partial charge is 0.203 e. The van der Waals surface area contributed by atoms with Crippen molar-refractivity contribution >= 4 is 5.95 Å². The molecule has 0 aliphatic rings. The second-order valence-electron chi connectivity index (χ2n) is 5.18. The summed E-state index contributed by atoms with van der Waals surface area (Å²) in [5, 5.41) is 3.29. The summed E-state index contributed by atoms with van der Waals surface area (Å²) in [6, 6.07) is 0.275. The first-order valence-corrected chi connectivity index (χ1v) is 6.98. The lowest BCUT2D eigenvalue weighted by molar-refractivity contribution is 0.132. The molecule has 0 aliphatic heterocycles. The van der Waals surface area contributed by atoms with Crippen LogP contribution >= 0.6 is 0 Å². The van der Waals surface area contributed by atoms with Gasteiger partial charge < -0.3 is 19.4 Å². The Labute approximate surface area is 116 Å². The molecule has 110 valence electrons. The summed E-state index contributed by atoms with van der Waals surface area (Å²) >= 11 is 0. The van der Waals surface area contributed by atoms with E-state index in [1.54, 1.807) is 13.3 Å². The third kappa shape index (κ3) is 6.07. The molecule has 0 spiro atoms. The van der Waals surface area contributed by atoms with Gasteiger partial charge in [0.15, 0.2) is 0 Å². The standard InChI is InChI=1S/C14H27N3O2/c1-12(2)5-9-19-10-7-16-14-15-6-8-17(14)13(3)11-18-4/h6,8,12-13H,5,7,9-11H2,1-4H3,(H,15,16). The molecule has 1 aromatic rings. The fraction of sp³-hybridized carbons (Fsp3) is 0.786. The van der Waals surface area contributed by atoms with Crippen LogP contribution in [0.1, 0.15) is 33.2 Å². The van der Waals surface area contributed by atoms with Crippen molar-refractivity contribution in [3.63, 3.8) is 0 Å². The Morgan fingerprint density at radius 1 is 1.32 bits per heavy atom. The SMILES string of the molecule is COCC(C)n1ccnc1NCCOCCC(C)C. The topological polar surface area (TPSA) is 48.3 Å². The normalized spacial score (nSPS) is 12.9. The van der Waals surface area contributed by atoms with Gasteiger partial charge in [0.05, 0.1) is 19.3 Å². The average Bonchev–Trinajstić information content (AvgIpc) is 2.82. The van der Waals surface area contributed by atoms with Crippen LogP contribution in [0, 0.1) is 5.92 Å². The minimum Gasteiger partial charge on any atom is -0.383 e. The summed E-state index contributed by atoms with van der Waals surface area (Å²) in [6.45, 7) is 9.50. The van der Waals surface area contributed by atoms with E-state index in [2.05, 4.69) is 35.6 Å². The van der Waals surface area contributed by atoms with Gasteiger partial charge in [0.25, 0.3) is 0 Å². The summed E-state index contributed by atoms with van der Waals surface area (Å²) in [6.07, 6.45) is 4.87. The second-order valence-corrected chi connectivity index (χ2v) is 5.18. The van der Waals surface area contributed by atoms with Gasteiger partial charge in [-0.05, 0) is 19.3 Å². The average molecular weight is 269 g/mol. The summed E-state index contributed by atoms with van der Waals surface area (Å²) < 4.78 is 12.8. The van der Waals surface area contributed by atoms with Crippen LogP contribution < -0.4 is 5.32 Å². The first-order chi connectivity index (χ1) is 9.15. The quantitative estimate of drug-likeness (QED) is 0.663. The Morgan fingerprint density at radius 2 is 2.11 bits per heavy atom. The van der Waals surface area contributed by atoms with Crippen molar-refractivity contribution in [1.82, 2.24) is 9.55 Å². The predicted octanol–water partition coefficient (Wildman–Crippen LogP) is 2.57. The summed E-state index contributed by atoms with van der Waals surface area (Å²) in [5.74, 6) is 1.57. The molecule has 1 N–H and O–H groups in total. The highest BCUT2D eigenvalue weighted by molar-refractivity contribution is 5.26. The van der Waals surface area contributed by atoms with Crippen LogP contribution in [0.3, 0.4) is 0 Å². The van der Waals surface area contributed by atoms with Gasteiger partial charge in [-0.1, -0.05) is 13.8 Å². The van der Waals surface area contributed by atoms with E-state index in [0.717, 1.165) is 25.5 Å². The van der Waals surface area contributed by atoms with E-state index >= 15 is 0 Å². The number of imidazole rings is 1. The first-order valence-electron chi connectivity index (χ1n) is 6.98. The largest absolute Gasteiger partial charge is 0.383 e. The molecule has 0 amide bonds. The molecule has 0 radical (unpaired) electrons. The van der Waals surface area contributed by atoms with Gasteiger partial charge in [0, 0.05) is 32.7 Å². The maximum Gasteiger partial charge on any atom is 0.203 e. The first kappa shape index (κ1) is 16.0. The molecule has 1 rings (SSSR count). The molecule has 0 fully saturated rings. The Bertz CT molecular complexity index is 339. The molecule has 19 heavy (non-hydrogen) atoms. The number of aromatic nitrogens is 2. The van der Waals surface area contributed by atoms with E-state index in [-0.39, 0.29) is 6.04 Å². The molecular weight excluding hydrogens is 242 g/mol. The number of nitrogens with zero attached hydrogens (tertiary/aromatic N) is 2. The van der Waals surface area contributed by atoms with E-state index in [0.29, 0.717) is 19.1 Å². The molecule has 0 aromatic carbocycles. The molecule has 1 heterocycles. The Hall–Kier alpha value is -1.07. The summed E-state index contributed by atoms with van der Waals surface area (Å²) in [5.41, 5.74) is 0. The molecule has 5 nitrogen and oxygen atoms in total. The van der Waals surface area contributed by atoms with Gasteiger partial charge in [-0.2, -0.15) is 0 Å². The maximum absolute atomic E-state index is 5.57. The lowest BCUT2D eigenvalue weighted by Crippen LogP contribution is -2.17. The van der Waals surface area contributed by atoms with Gasteiger partial charge in [0.1, 0.15) is 0 Å². The Morgan fingerprint density at radius 3 is 2.79 bits per heavy atom. The second kappa shape index (κ2) is 8.93. The fourth-order valence-corrected chi connectivity index (χ4v) is 1.78. The molecule has 0 saturated heterocycles. The zero-order valence-corrected chi connectivity index (χ0v) is 12.6. The maximum atomic E-state index is 5.57. The van der Waals surface area contributed by atoms with Crippen molar-refractivity contribution < 1.29 is 9.47 Å². The van der Waals surface area contributed by atoms with Gasteiger partial charge in [-0.25, -0.2) is 4.98 Å². The summed E-state index contributed by atoms with van der Waals surface area (Å²) in [4.78, 5) is 4.31. The monoisotopic (exact) mass is 269 g/mol. The molecule has 0 bridgehead atoms. The number of rotatable bonds is 10. The van der Waals surface area contributed by atoms with Crippen molar-refractivity contribution in [2.75, 3.05) is 38.8 Å². The Balaban J connectivity index is 2.24. The Kier molecular flexibility index (Phi) is 7.52. The summed E-state index contributed by atoms with van der Waals surface area (Å²) in [7, 11) is 1.71. The number of hydrogen-bond acceptors (Lipinski definition) is 4. The molecule has 0 saturated carbocycles. The highest BCUT2D eigenvalue weighted by Crippen LogP contribution is 2.13. The van der Waals surface area contributed by atoms with Crippen LogP contribution in [0.15, 0.2) is 12.4 Å². The number of methoxy groups -OCH3 is 1. The van der Waals surface area contributed by atoms with Gasteiger partial charge in [0.2, 0.25) is 5.95 Å². The van der Waals surface area contributed by atoms with Gasteiger partial charge >= 0.3 is 0 Å². The van der Waals surface area contributed by atoms with Crippen molar-refractivity contribution in [2.45, 2.75) is 33.2 Å². The van der Waals surface area contributed by atoms with E-state index in [9.17, 15) is 0 Å². The number of nitrogens with one attached hydrogen (secondary N) is 1. The minimum absolute atomic E-state index is 0.275. The van der Waals surface area contributed by atoms with Gasteiger partial charge in [-0.15, -0.1) is 0 Å². The van der Waals surface area contributed by atoms with Crippen LogP contribution in [0.5, 0.6) is 0 Å². The van der Waals surface area contributed by atoms with E-state index in [4.69, 9.17) is 9.47 Å². The lowest BCUT2D eigenvalue weighted by Gasteiger charge is -2.16. The van der Waals surface area contributed by atoms with E-state index in [1.165, 1.54) is 0 Å². The zero-order chi connectivity index (χ0) is 14.1. The van der Waals surface area contributed by atoms with Crippen molar-refractivity contribution in [1.29, 1.82) is 0 Å². The van der Waals surface area contributed by atoms with Crippen LogP contribution in [-0.2, 0) is 9.47 Å². The fourth-order valence-electron chi connectivity index (χ4n) is 1.78. The molecular formula is C14H27N3O2. The van der Waals surface area contributed by atoms with E-state index in [1.807, 2.05) is 6.20 Å². The van der Waals surface area contributed by atoms with Crippen molar-refractivity contribution in [3.8, 4) is 0 Å². The number of hydrogen-bond donors (Lipinski definition) is 1. The number of anilines is 1. The van der Waals surface area contributed by atoms with Crippen LogP contribution in [0.4, 0.5) is 5.95 Å². The number of ether oxygens (including phenoxy) is 2. The van der Waals surface area contributed by atoms with Crippen LogP contribution in [0.25, 0.3) is 0 Å².